The maximum Gasteiger partial charge on any atom is 0.433 e. The van der Waals surface area contributed by atoms with Crippen LogP contribution in [0, 0.1) is 0 Å². The van der Waals surface area contributed by atoms with E-state index in [2.05, 4.69) is 9.97 Å². The summed E-state index contributed by atoms with van der Waals surface area (Å²) in [5.74, 6) is 0.150. The Bertz CT molecular complexity index is 1030. The highest BCUT2D eigenvalue weighted by Gasteiger charge is 2.35. The molecule has 13 heteroatoms. The minimum absolute atomic E-state index is 0.0612. The van der Waals surface area contributed by atoms with Gasteiger partial charge in [-0.05, 0) is 38.5 Å². The van der Waals surface area contributed by atoms with E-state index in [0.717, 1.165) is 30.0 Å². The van der Waals surface area contributed by atoms with Gasteiger partial charge in [0.25, 0.3) is 0 Å². The monoisotopic (exact) mass is 522 g/mol. The summed E-state index contributed by atoms with van der Waals surface area (Å²) in [5, 5.41) is -0.149. The van der Waals surface area contributed by atoms with Gasteiger partial charge in [0.05, 0.1) is 5.56 Å². The molecule has 192 valence electrons. The molecule has 1 saturated heterocycles. The Labute approximate surface area is 202 Å². The highest BCUT2D eigenvalue weighted by molar-refractivity contribution is 7.98. The van der Waals surface area contributed by atoms with Gasteiger partial charge in [-0.15, -0.1) is 0 Å². The number of hydrogen-bond donors (Lipinski definition) is 0. The molecule has 0 aliphatic carbocycles. The van der Waals surface area contributed by atoms with Crippen LogP contribution in [0.15, 0.2) is 35.5 Å². The molecular weight excluding hydrogens is 498 g/mol. The van der Waals surface area contributed by atoms with Gasteiger partial charge in [0.1, 0.15) is 11.4 Å². The lowest BCUT2D eigenvalue weighted by molar-refractivity contribution is -0.141. The second-order valence-corrected chi connectivity index (χ2v) is 9.77. The van der Waals surface area contributed by atoms with Crippen LogP contribution < -0.4 is 4.90 Å². The van der Waals surface area contributed by atoms with Gasteiger partial charge in [0, 0.05) is 38.0 Å². The molecule has 0 bridgehead atoms. The number of halogens is 6. The standard InChI is InChI=1S/C22H24F6N4O2S/c1-20(2,3)34-19(33)32-10-8-31(9-11-32)17-12-16(22(26,27)28)29-18(30-17)35-13-14-4-6-15(7-5-14)21(23,24)25/h4-7,12H,8-11,13H2,1-3H3. The first-order chi connectivity index (χ1) is 16.1. The molecule has 3 rings (SSSR count). The summed E-state index contributed by atoms with van der Waals surface area (Å²) in [5.41, 5.74) is -2.11. The van der Waals surface area contributed by atoms with Crippen LogP contribution in [0.25, 0.3) is 0 Å². The molecule has 0 atom stereocenters. The van der Waals surface area contributed by atoms with Gasteiger partial charge in [-0.25, -0.2) is 14.8 Å². The zero-order valence-corrected chi connectivity index (χ0v) is 20.0. The van der Waals surface area contributed by atoms with Crippen molar-refractivity contribution in [3.63, 3.8) is 0 Å². The van der Waals surface area contributed by atoms with Crippen LogP contribution in [-0.2, 0) is 22.8 Å². The first-order valence-corrected chi connectivity index (χ1v) is 11.6. The Morgan fingerprint density at radius 2 is 1.54 bits per heavy atom. The normalized spacial score (nSPS) is 15.3. The van der Waals surface area contributed by atoms with Gasteiger partial charge >= 0.3 is 18.4 Å². The SMILES string of the molecule is CC(C)(C)OC(=O)N1CCN(c2cc(C(F)(F)F)nc(SCc3ccc(C(F)(F)F)cc3)n2)CC1. The lowest BCUT2D eigenvalue weighted by atomic mass is 10.1. The number of aromatic nitrogens is 2. The molecule has 1 aromatic heterocycles. The van der Waals surface area contributed by atoms with E-state index in [0.29, 0.717) is 5.56 Å². The topological polar surface area (TPSA) is 58.6 Å². The van der Waals surface area contributed by atoms with Crippen LogP contribution in [-0.4, -0.2) is 52.7 Å². The van der Waals surface area contributed by atoms with Crippen LogP contribution in [0.1, 0.15) is 37.6 Å². The van der Waals surface area contributed by atoms with E-state index >= 15 is 0 Å². The van der Waals surface area contributed by atoms with E-state index in [1.54, 1.807) is 25.7 Å². The summed E-state index contributed by atoms with van der Waals surface area (Å²) >= 11 is 0.892. The Morgan fingerprint density at radius 3 is 2.06 bits per heavy atom. The summed E-state index contributed by atoms with van der Waals surface area (Å²) < 4.78 is 83.9. The summed E-state index contributed by atoms with van der Waals surface area (Å²) in [4.78, 5) is 23.2. The third-order valence-electron chi connectivity index (χ3n) is 4.89. The average molecular weight is 523 g/mol. The van der Waals surface area contributed by atoms with E-state index in [9.17, 15) is 31.1 Å². The predicted molar refractivity (Wildman–Crippen MR) is 118 cm³/mol. The highest BCUT2D eigenvalue weighted by atomic mass is 32.2. The Kier molecular flexibility index (Phi) is 7.77. The quantitative estimate of drug-likeness (QED) is 0.285. The molecule has 1 aliphatic heterocycles. The van der Waals surface area contributed by atoms with Crippen molar-refractivity contribution in [2.75, 3.05) is 31.1 Å². The molecule has 0 radical (unpaired) electrons. The molecule has 6 nitrogen and oxygen atoms in total. The zero-order valence-electron chi connectivity index (χ0n) is 19.2. The number of carbonyl (C=O) groups is 1. The number of anilines is 1. The lowest BCUT2D eigenvalue weighted by Crippen LogP contribution is -2.50. The van der Waals surface area contributed by atoms with Gasteiger partial charge in [-0.1, -0.05) is 23.9 Å². The van der Waals surface area contributed by atoms with Crippen LogP contribution in [0.5, 0.6) is 0 Å². The maximum absolute atomic E-state index is 13.5. The fraction of sp³-hybridized carbons (Fsp3) is 0.500. The second-order valence-electron chi connectivity index (χ2n) is 8.83. The van der Waals surface area contributed by atoms with E-state index in [1.807, 2.05) is 0 Å². The molecule has 2 aromatic rings. The van der Waals surface area contributed by atoms with Gasteiger partial charge in [-0.2, -0.15) is 26.3 Å². The molecule has 1 aromatic carbocycles. The molecule has 1 aliphatic rings. The second kappa shape index (κ2) is 10.1. The fourth-order valence-electron chi connectivity index (χ4n) is 3.17. The number of rotatable bonds is 4. The zero-order chi connectivity index (χ0) is 26.0. The smallest absolute Gasteiger partial charge is 0.433 e. The van der Waals surface area contributed by atoms with Crippen molar-refractivity contribution in [1.82, 2.24) is 14.9 Å². The molecule has 0 spiro atoms. The van der Waals surface area contributed by atoms with Gasteiger partial charge < -0.3 is 14.5 Å². The predicted octanol–water partition coefficient (Wildman–Crippen LogP) is 5.86. The summed E-state index contributed by atoms with van der Waals surface area (Å²) in [7, 11) is 0. The minimum atomic E-state index is -4.71. The average Bonchev–Trinajstić information content (AvgIpc) is 2.75. The number of benzene rings is 1. The van der Waals surface area contributed by atoms with Gasteiger partial charge in [-0.3, -0.25) is 0 Å². The van der Waals surface area contributed by atoms with Crippen molar-refractivity contribution in [2.24, 2.45) is 0 Å². The van der Waals surface area contributed by atoms with E-state index in [1.165, 1.54) is 17.0 Å². The summed E-state index contributed by atoms with van der Waals surface area (Å²) in [6.45, 7) is 6.20. The first-order valence-electron chi connectivity index (χ1n) is 10.6. The number of nitrogens with zero attached hydrogens (tertiary/aromatic N) is 4. The Balaban J connectivity index is 1.72. The number of piperazine rings is 1. The van der Waals surface area contributed by atoms with Gasteiger partial charge in [0.15, 0.2) is 10.9 Å². The number of thioether (sulfide) groups is 1. The first kappa shape index (κ1) is 26.9. The summed E-state index contributed by atoms with van der Waals surface area (Å²) in [6, 6.07) is 5.21. The van der Waals surface area contributed by atoms with Gasteiger partial charge in [0.2, 0.25) is 0 Å². The summed E-state index contributed by atoms with van der Waals surface area (Å²) in [6.07, 6.45) is -9.68. The number of carbonyl (C=O) groups excluding carboxylic acids is 1. The van der Waals surface area contributed by atoms with E-state index in [4.69, 9.17) is 4.74 Å². The van der Waals surface area contributed by atoms with Crippen LogP contribution in [0.4, 0.5) is 37.0 Å². The molecule has 1 amide bonds. The number of alkyl halides is 6. The van der Waals surface area contributed by atoms with Crippen molar-refractivity contribution in [3.05, 3.63) is 47.2 Å². The van der Waals surface area contributed by atoms with Crippen molar-refractivity contribution in [2.45, 2.75) is 49.6 Å². The number of ether oxygens (including phenoxy) is 1. The molecule has 0 unspecified atom stereocenters. The third-order valence-corrected chi connectivity index (χ3v) is 5.81. The Hall–Kier alpha value is -2.70. The van der Waals surface area contributed by atoms with Crippen LogP contribution >= 0.6 is 11.8 Å². The molecule has 0 saturated carbocycles. The molecular formula is C22H24F6N4O2S. The van der Waals surface area contributed by atoms with E-state index < -0.39 is 35.3 Å². The lowest BCUT2D eigenvalue weighted by Gasteiger charge is -2.36. The van der Waals surface area contributed by atoms with Crippen molar-refractivity contribution < 1.29 is 35.9 Å². The largest absolute Gasteiger partial charge is 0.444 e. The maximum atomic E-state index is 13.5. The van der Waals surface area contributed by atoms with Crippen molar-refractivity contribution in [1.29, 1.82) is 0 Å². The number of amides is 1. The van der Waals surface area contributed by atoms with Crippen LogP contribution in [0.3, 0.4) is 0 Å². The molecule has 0 N–H and O–H groups in total. The highest BCUT2D eigenvalue weighted by Crippen LogP contribution is 2.33. The Morgan fingerprint density at radius 1 is 0.943 bits per heavy atom. The van der Waals surface area contributed by atoms with E-state index in [-0.39, 0.29) is 42.9 Å². The number of hydrogen-bond acceptors (Lipinski definition) is 6. The van der Waals surface area contributed by atoms with Crippen molar-refractivity contribution in [3.8, 4) is 0 Å². The fourth-order valence-corrected chi connectivity index (χ4v) is 3.98. The molecule has 2 heterocycles. The van der Waals surface area contributed by atoms with Crippen LogP contribution in [0.2, 0.25) is 0 Å². The molecule has 35 heavy (non-hydrogen) atoms. The van der Waals surface area contributed by atoms with Crippen molar-refractivity contribution >= 4 is 23.7 Å². The molecule has 1 fully saturated rings. The minimum Gasteiger partial charge on any atom is -0.444 e. The third kappa shape index (κ3) is 7.64.